The van der Waals surface area contributed by atoms with Gasteiger partial charge in [-0.3, -0.25) is 0 Å². The Labute approximate surface area is 135 Å². The third-order valence-electron chi connectivity index (χ3n) is 3.81. The Hall–Kier alpha value is -1.66. The summed E-state index contributed by atoms with van der Waals surface area (Å²) in [5.74, 6) is -0.754. The van der Waals surface area contributed by atoms with E-state index in [0.29, 0.717) is 18.8 Å². The summed E-state index contributed by atoms with van der Waals surface area (Å²) >= 11 is 0. The van der Waals surface area contributed by atoms with Crippen LogP contribution >= 0.6 is 0 Å². The molecule has 1 unspecified atom stereocenters. The molecule has 0 radical (unpaired) electrons. The van der Waals surface area contributed by atoms with E-state index in [4.69, 9.17) is 18.6 Å². The van der Waals surface area contributed by atoms with E-state index in [1.807, 2.05) is 44.2 Å². The standard InChI is InChI=1S/C18H22O5/c1-18(2)22-15(12-21-10-13-6-4-3-5-7-13)17(23-18)16(19)14-8-9-20-11-14/h3-9,11,15-17,19H,10,12H2,1-2H3/t15-,16?,17+/m0/s1. The third kappa shape index (κ3) is 4.00. The Balaban J connectivity index is 1.61. The molecule has 5 heteroatoms. The van der Waals surface area contributed by atoms with Crippen molar-refractivity contribution in [2.45, 2.75) is 44.6 Å². The molecule has 1 aromatic heterocycles. The van der Waals surface area contributed by atoms with Gasteiger partial charge >= 0.3 is 0 Å². The maximum Gasteiger partial charge on any atom is 0.164 e. The number of hydrogen-bond donors (Lipinski definition) is 1. The lowest BCUT2D eigenvalue weighted by molar-refractivity contribution is -0.158. The average Bonchev–Trinajstić information content (AvgIpc) is 3.15. The molecule has 1 saturated heterocycles. The number of aliphatic hydroxyl groups excluding tert-OH is 1. The van der Waals surface area contributed by atoms with Gasteiger partial charge in [-0.25, -0.2) is 0 Å². The van der Waals surface area contributed by atoms with Crippen molar-refractivity contribution in [3.63, 3.8) is 0 Å². The Morgan fingerprint density at radius 1 is 1.17 bits per heavy atom. The van der Waals surface area contributed by atoms with E-state index in [2.05, 4.69) is 0 Å². The van der Waals surface area contributed by atoms with Crippen LogP contribution in [0.4, 0.5) is 0 Å². The van der Waals surface area contributed by atoms with Crippen LogP contribution in [0.15, 0.2) is 53.3 Å². The Morgan fingerprint density at radius 3 is 2.65 bits per heavy atom. The molecule has 23 heavy (non-hydrogen) atoms. The fourth-order valence-corrected chi connectivity index (χ4v) is 2.76. The zero-order valence-corrected chi connectivity index (χ0v) is 13.3. The van der Waals surface area contributed by atoms with Gasteiger partial charge in [0.05, 0.1) is 25.7 Å². The molecule has 0 bridgehead atoms. The molecule has 124 valence electrons. The largest absolute Gasteiger partial charge is 0.472 e. The van der Waals surface area contributed by atoms with Gasteiger partial charge in [0.1, 0.15) is 18.3 Å². The first-order chi connectivity index (χ1) is 11.1. The topological polar surface area (TPSA) is 61.1 Å². The van der Waals surface area contributed by atoms with Crippen LogP contribution in [0.1, 0.15) is 31.1 Å². The van der Waals surface area contributed by atoms with E-state index >= 15 is 0 Å². The van der Waals surface area contributed by atoms with Gasteiger partial charge in [0.15, 0.2) is 5.79 Å². The molecule has 0 spiro atoms. The second kappa shape index (κ2) is 6.84. The van der Waals surface area contributed by atoms with E-state index in [0.717, 1.165) is 5.56 Å². The van der Waals surface area contributed by atoms with E-state index in [1.54, 1.807) is 6.07 Å². The van der Waals surface area contributed by atoms with Crippen molar-refractivity contribution >= 4 is 0 Å². The molecule has 3 rings (SSSR count). The quantitative estimate of drug-likeness (QED) is 0.887. The van der Waals surface area contributed by atoms with E-state index < -0.39 is 18.0 Å². The van der Waals surface area contributed by atoms with Crippen molar-refractivity contribution in [3.8, 4) is 0 Å². The molecule has 3 atom stereocenters. The van der Waals surface area contributed by atoms with Crippen LogP contribution in [0.2, 0.25) is 0 Å². The maximum atomic E-state index is 10.5. The van der Waals surface area contributed by atoms with Gasteiger partial charge in [0.2, 0.25) is 0 Å². The highest BCUT2D eigenvalue weighted by Crippen LogP contribution is 2.35. The van der Waals surface area contributed by atoms with Crippen LogP contribution in [-0.2, 0) is 20.8 Å². The van der Waals surface area contributed by atoms with E-state index in [1.165, 1.54) is 12.5 Å². The molecule has 0 amide bonds. The first-order valence-corrected chi connectivity index (χ1v) is 7.73. The third-order valence-corrected chi connectivity index (χ3v) is 3.81. The summed E-state index contributed by atoms with van der Waals surface area (Å²) in [4.78, 5) is 0. The molecule has 1 N–H and O–H groups in total. The number of furan rings is 1. The van der Waals surface area contributed by atoms with Crippen LogP contribution < -0.4 is 0 Å². The molecular weight excluding hydrogens is 296 g/mol. The second-order valence-electron chi connectivity index (χ2n) is 6.14. The van der Waals surface area contributed by atoms with Crippen LogP contribution in [0.5, 0.6) is 0 Å². The van der Waals surface area contributed by atoms with Gasteiger partial charge in [-0.2, -0.15) is 0 Å². The van der Waals surface area contributed by atoms with Crippen molar-refractivity contribution in [1.82, 2.24) is 0 Å². The number of rotatable bonds is 6. The first kappa shape index (κ1) is 16.2. The van der Waals surface area contributed by atoms with Gasteiger partial charge in [-0.1, -0.05) is 30.3 Å². The average molecular weight is 318 g/mol. The van der Waals surface area contributed by atoms with Crippen molar-refractivity contribution < 1.29 is 23.7 Å². The van der Waals surface area contributed by atoms with Gasteiger partial charge in [0, 0.05) is 5.56 Å². The SMILES string of the molecule is CC1(C)O[C@@H](COCc2ccccc2)[C@H](C(O)c2ccoc2)O1. The van der Waals surface area contributed by atoms with Crippen molar-refractivity contribution in [2.75, 3.05) is 6.61 Å². The summed E-state index contributed by atoms with van der Waals surface area (Å²) in [5, 5.41) is 10.5. The highest BCUT2D eigenvalue weighted by atomic mass is 16.8. The normalized spacial score (nSPS) is 24.7. The van der Waals surface area contributed by atoms with Crippen molar-refractivity contribution in [3.05, 3.63) is 60.1 Å². The predicted molar refractivity (Wildman–Crippen MR) is 83.6 cm³/mol. The lowest BCUT2D eigenvalue weighted by Gasteiger charge is -2.21. The van der Waals surface area contributed by atoms with Gasteiger partial charge in [-0.15, -0.1) is 0 Å². The Morgan fingerprint density at radius 2 is 1.96 bits per heavy atom. The summed E-state index contributed by atoms with van der Waals surface area (Å²) in [7, 11) is 0. The minimum atomic E-state index is -0.819. The maximum absolute atomic E-state index is 10.5. The molecule has 0 saturated carbocycles. The summed E-state index contributed by atoms with van der Waals surface area (Å²) in [6, 6.07) is 11.7. The number of ether oxygens (including phenoxy) is 3. The zero-order valence-electron chi connectivity index (χ0n) is 13.3. The lowest BCUT2D eigenvalue weighted by Crippen LogP contribution is -2.33. The summed E-state index contributed by atoms with van der Waals surface area (Å²) in [6.45, 7) is 4.51. The molecule has 1 fully saturated rings. The minimum Gasteiger partial charge on any atom is -0.472 e. The number of aliphatic hydroxyl groups is 1. The molecule has 1 aliphatic rings. The summed E-state index contributed by atoms with van der Waals surface area (Å²) < 4.78 is 22.5. The van der Waals surface area contributed by atoms with Gasteiger partial charge in [0.25, 0.3) is 0 Å². The van der Waals surface area contributed by atoms with E-state index in [-0.39, 0.29) is 6.10 Å². The molecule has 1 aliphatic heterocycles. The second-order valence-corrected chi connectivity index (χ2v) is 6.14. The van der Waals surface area contributed by atoms with Crippen LogP contribution in [-0.4, -0.2) is 29.7 Å². The predicted octanol–water partition coefficient (Wildman–Crippen LogP) is 3.05. The first-order valence-electron chi connectivity index (χ1n) is 7.73. The van der Waals surface area contributed by atoms with Crippen LogP contribution in [0.25, 0.3) is 0 Å². The van der Waals surface area contributed by atoms with Gasteiger partial charge < -0.3 is 23.7 Å². The van der Waals surface area contributed by atoms with Gasteiger partial charge in [-0.05, 0) is 25.5 Å². The van der Waals surface area contributed by atoms with Crippen LogP contribution in [0, 0.1) is 0 Å². The number of hydrogen-bond acceptors (Lipinski definition) is 5. The molecule has 1 aromatic carbocycles. The van der Waals surface area contributed by atoms with Crippen molar-refractivity contribution in [1.29, 1.82) is 0 Å². The molecule has 2 aromatic rings. The fourth-order valence-electron chi connectivity index (χ4n) is 2.76. The fraction of sp³-hybridized carbons (Fsp3) is 0.444. The molecule has 0 aliphatic carbocycles. The Kier molecular flexibility index (Phi) is 4.82. The monoisotopic (exact) mass is 318 g/mol. The highest BCUT2D eigenvalue weighted by Gasteiger charge is 2.45. The molecule has 5 nitrogen and oxygen atoms in total. The summed E-state index contributed by atoms with van der Waals surface area (Å²) in [6.07, 6.45) is 1.37. The van der Waals surface area contributed by atoms with Crippen molar-refractivity contribution in [2.24, 2.45) is 0 Å². The lowest BCUT2D eigenvalue weighted by atomic mass is 10.0. The Bertz CT molecular complexity index is 593. The minimum absolute atomic E-state index is 0.345. The molecule has 2 heterocycles. The van der Waals surface area contributed by atoms with E-state index in [9.17, 15) is 5.11 Å². The summed E-state index contributed by atoms with van der Waals surface area (Å²) in [5.41, 5.74) is 1.77. The highest BCUT2D eigenvalue weighted by molar-refractivity contribution is 5.14. The van der Waals surface area contributed by atoms with Crippen LogP contribution in [0.3, 0.4) is 0 Å². The molecular formula is C18H22O5. The zero-order chi connectivity index (χ0) is 16.3. The number of benzene rings is 1. The smallest absolute Gasteiger partial charge is 0.164 e.